The highest BCUT2D eigenvalue weighted by Crippen LogP contribution is 2.14. The predicted octanol–water partition coefficient (Wildman–Crippen LogP) is 3.92. The van der Waals surface area contributed by atoms with E-state index in [0.717, 1.165) is 69.9 Å². The number of unbranched alkanes of at least 4 members (excludes halogenated alkanes) is 2. The van der Waals surface area contributed by atoms with Gasteiger partial charge in [0.2, 0.25) is 0 Å². The standard InChI is InChI=1S/C22H29N3O2/c26-22(25-16-14-23-15-17-25)24-20-12-10-19(11-13-20)7-3-2-6-18-27-21-8-4-1-5-9-21/h1,4-5,8-13,23H,2-3,6-7,14-18H2,(H,24,26). The maximum absolute atomic E-state index is 12.2. The molecule has 0 radical (unpaired) electrons. The average molecular weight is 367 g/mol. The number of carbonyl (C=O) groups excluding carboxylic acids is 1. The van der Waals surface area contributed by atoms with E-state index in [2.05, 4.69) is 22.8 Å². The number of urea groups is 1. The highest BCUT2D eigenvalue weighted by molar-refractivity contribution is 5.89. The van der Waals surface area contributed by atoms with Gasteiger partial charge in [-0.15, -0.1) is 0 Å². The molecule has 1 aliphatic rings. The van der Waals surface area contributed by atoms with Crippen LogP contribution in [0.2, 0.25) is 0 Å². The van der Waals surface area contributed by atoms with Gasteiger partial charge in [0.1, 0.15) is 5.75 Å². The van der Waals surface area contributed by atoms with Crippen molar-refractivity contribution in [2.24, 2.45) is 0 Å². The zero-order valence-corrected chi connectivity index (χ0v) is 15.8. The number of nitrogens with zero attached hydrogens (tertiary/aromatic N) is 1. The van der Waals surface area contributed by atoms with Crippen LogP contribution < -0.4 is 15.4 Å². The molecule has 2 aromatic rings. The third kappa shape index (κ3) is 6.61. The topological polar surface area (TPSA) is 53.6 Å². The van der Waals surface area contributed by atoms with E-state index in [4.69, 9.17) is 4.74 Å². The Labute approximate surface area is 161 Å². The molecule has 1 aliphatic heterocycles. The Bertz CT molecular complexity index is 682. The van der Waals surface area contributed by atoms with Crippen LogP contribution >= 0.6 is 0 Å². The number of para-hydroxylation sites is 1. The molecule has 1 saturated heterocycles. The van der Waals surface area contributed by atoms with Gasteiger partial charge in [0, 0.05) is 31.9 Å². The number of hydrogen-bond donors (Lipinski definition) is 2. The van der Waals surface area contributed by atoms with E-state index >= 15 is 0 Å². The lowest BCUT2D eigenvalue weighted by Gasteiger charge is -2.27. The minimum Gasteiger partial charge on any atom is -0.494 e. The van der Waals surface area contributed by atoms with Gasteiger partial charge in [0.05, 0.1) is 6.61 Å². The second-order valence-corrected chi connectivity index (χ2v) is 6.84. The van der Waals surface area contributed by atoms with Crippen LogP contribution in [0.25, 0.3) is 0 Å². The maximum Gasteiger partial charge on any atom is 0.321 e. The summed E-state index contributed by atoms with van der Waals surface area (Å²) >= 11 is 0. The van der Waals surface area contributed by atoms with E-state index in [-0.39, 0.29) is 6.03 Å². The van der Waals surface area contributed by atoms with Gasteiger partial charge in [0.25, 0.3) is 0 Å². The first-order valence-corrected chi connectivity index (χ1v) is 9.85. The van der Waals surface area contributed by atoms with Crippen molar-refractivity contribution in [3.8, 4) is 5.75 Å². The Morgan fingerprint density at radius 1 is 0.963 bits per heavy atom. The van der Waals surface area contributed by atoms with Crippen molar-refractivity contribution in [2.45, 2.75) is 25.7 Å². The largest absolute Gasteiger partial charge is 0.494 e. The van der Waals surface area contributed by atoms with Crippen LogP contribution in [0.4, 0.5) is 10.5 Å². The van der Waals surface area contributed by atoms with Crippen molar-refractivity contribution in [3.63, 3.8) is 0 Å². The first kappa shape index (κ1) is 19.2. The molecule has 1 fully saturated rings. The Balaban J connectivity index is 1.31. The van der Waals surface area contributed by atoms with E-state index in [1.165, 1.54) is 5.56 Å². The summed E-state index contributed by atoms with van der Waals surface area (Å²) in [6, 6.07) is 18.1. The number of ether oxygens (including phenoxy) is 1. The lowest BCUT2D eigenvalue weighted by Crippen LogP contribution is -2.48. The van der Waals surface area contributed by atoms with E-state index < -0.39 is 0 Å². The van der Waals surface area contributed by atoms with Crippen molar-refractivity contribution in [1.82, 2.24) is 10.2 Å². The molecule has 144 valence electrons. The molecule has 3 rings (SSSR count). The highest BCUT2D eigenvalue weighted by Gasteiger charge is 2.15. The number of nitrogens with one attached hydrogen (secondary N) is 2. The molecule has 5 nitrogen and oxygen atoms in total. The van der Waals surface area contributed by atoms with Gasteiger partial charge in [-0.3, -0.25) is 0 Å². The second kappa shape index (κ2) is 10.6. The Morgan fingerprint density at radius 3 is 2.44 bits per heavy atom. The fraction of sp³-hybridized carbons (Fsp3) is 0.409. The van der Waals surface area contributed by atoms with Crippen LogP contribution in [0.3, 0.4) is 0 Å². The molecule has 2 aromatic carbocycles. The van der Waals surface area contributed by atoms with E-state index in [0.29, 0.717) is 0 Å². The van der Waals surface area contributed by atoms with Gasteiger partial charge >= 0.3 is 6.03 Å². The van der Waals surface area contributed by atoms with Gasteiger partial charge in [-0.2, -0.15) is 0 Å². The minimum atomic E-state index is -0.0114. The summed E-state index contributed by atoms with van der Waals surface area (Å²) in [5.41, 5.74) is 2.16. The summed E-state index contributed by atoms with van der Waals surface area (Å²) in [6.45, 7) is 4.02. The quantitative estimate of drug-likeness (QED) is 0.696. The zero-order chi connectivity index (χ0) is 18.7. The fourth-order valence-corrected chi connectivity index (χ4v) is 3.14. The van der Waals surface area contributed by atoms with E-state index in [9.17, 15) is 4.79 Å². The molecule has 0 atom stereocenters. The third-order valence-electron chi connectivity index (χ3n) is 4.73. The van der Waals surface area contributed by atoms with E-state index in [1.54, 1.807) is 0 Å². The predicted molar refractivity (Wildman–Crippen MR) is 109 cm³/mol. The van der Waals surface area contributed by atoms with Gasteiger partial charge < -0.3 is 20.3 Å². The first-order valence-electron chi connectivity index (χ1n) is 9.85. The lowest BCUT2D eigenvalue weighted by atomic mass is 10.1. The number of rotatable bonds is 8. The number of piperazine rings is 1. The van der Waals surface area contributed by atoms with Crippen LogP contribution in [0.15, 0.2) is 54.6 Å². The van der Waals surface area contributed by atoms with Crippen molar-refractivity contribution >= 4 is 11.7 Å². The number of carbonyl (C=O) groups is 1. The molecular weight excluding hydrogens is 338 g/mol. The number of hydrogen-bond acceptors (Lipinski definition) is 3. The highest BCUT2D eigenvalue weighted by atomic mass is 16.5. The summed E-state index contributed by atoms with van der Waals surface area (Å²) in [7, 11) is 0. The van der Waals surface area contributed by atoms with E-state index in [1.807, 2.05) is 47.4 Å². The molecule has 5 heteroatoms. The smallest absolute Gasteiger partial charge is 0.321 e. The molecule has 2 amide bonds. The number of benzene rings is 2. The zero-order valence-electron chi connectivity index (χ0n) is 15.8. The van der Waals surface area contributed by atoms with Crippen molar-refractivity contribution in [3.05, 3.63) is 60.2 Å². The first-order chi connectivity index (χ1) is 13.3. The molecule has 0 bridgehead atoms. The molecule has 0 saturated carbocycles. The number of anilines is 1. The van der Waals surface area contributed by atoms with Crippen LogP contribution in [0, 0.1) is 0 Å². The van der Waals surface area contributed by atoms with Crippen LogP contribution in [0.1, 0.15) is 24.8 Å². The summed E-state index contributed by atoms with van der Waals surface area (Å²) in [5.74, 6) is 0.941. The number of amides is 2. The second-order valence-electron chi connectivity index (χ2n) is 6.84. The Hall–Kier alpha value is -2.53. The SMILES string of the molecule is O=C(Nc1ccc(CCCCCOc2ccccc2)cc1)N1CCNCC1. The maximum atomic E-state index is 12.2. The van der Waals surface area contributed by atoms with Gasteiger partial charge in [-0.05, 0) is 55.5 Å². The molecule has 0 aliphatic carbocycles. The summed E-state index contributed by atoms with van der Waals surface area (Å²) < 4.78 is 5.71. The number of aryl methyl sites for hydroxylation is 1. The lowest BCUT2D eigenvalue weighted by molar-refractivity contribution is 0.204. The van der Waals surface area contributed by atoms with Gasteiger partial charge in [-0.25, -0.2) is 4.79 Å². The molecule has 1 heterocycles. The summed E-state index contributed by atoms with van der Waals surface area (Å²) in [4.78, 5) is 14.1. The van der Waals surface area contributed by atoms with Crippen molar-refractivity contribution in [2.75, 3.05) is 38.1 Å². The van der Waals surface area contributed by atoms with Crippen molar-refractivity contribution < 1.29 is 9.53 Å². The monoisotopic (exact) mass is 367 g/mol. The normalized spacial score (nSPS) is 14.0. The summed E-state index contributed by atoms with van der Waals surface area (Å²) in [5, 5.41) is 6.23. The van der Waals surface area contributed by atoms with Crippen LogP contribution in [-0.4, -0.2) is 43.7 Å². The molecule has 0 aromatic heterocycles. The summed E-state index contributed by atoms with van der Waals surface area (Å²) in [6.07, 6.45) is 4.41. The average Bonchev–Trinajstić information content (AvgIpc) is 2.73. The molecular formula is C22H29N3O2. The third-order valence-corrected chi connectivity index (χ3v) is 4.73. The Kier molecular flexibility index (Phi) is 7.54. The Morgan fingerprint density at radius 2 is 1.70 bits per heavy atom. The van der Waals surface area contributed by atoms with Gasteiger partial charge in [-0.1, -0.05) is 30.3 Å². The minimum absolute atomic E-state index is 0.0114. The van der Waals surface area contributed by atoms with Crippen LogP contribution in [0.5, 0.6) is 5.75 Å². The van der Waals surface area contributed by atoms with Crippen LogP contribution in [-0.2, 0) is 6.42 Å². The molecule has 2 N–H and O–H groups in total. The molecule has 27 heavy (non-hydrogen) atoms. The van der Waals surface area contributed by atoms with Gasteiger partial charge in [0.15, 0.2) is 0 Å². The molecule has 0 spiro atoms. The van der Waals surface area contributed by atoms with Crippen molar-refractivity contribution in [1.29, 1.82) is 0 Å². The molecule has 0 unspecified atom stereocenters. The fourth-order valence-electron chi connectivity index (χ4n) is 3.14.